The first-order chi connectivity index (χ1) is 14.6. The van der Waals surface area contributed by atoms with E-state index < -0.39 is 0 Å². The van der Waals surface area contributed by atoms with Gasteiger partial charge in [0.15, 0.2) is 5.96 Å². The monoisotopic (exact) mass is 430 g/mol. The van der Waals surface area contributed by atoms with Crippen LogP contribution in [0, 0.1) is 6.92 Å². The molecule has 7 heteroatoms. The highest BCUT2D eigenvalue weighted by Gasteiger charge is 2.19. The van der Waals surface area contributed by atoms with Gasteiger partial charge < -0.3 is 25.0 Å². The Labute approximate surface area is 184 Å². The Bertz CT molecular complexity index is 802. The average molecular weight is 431 g/mol. The molecule has 0 aliphatic carbocycles. The Morgan fingerprint density at radius 2 is 2.20 bits per heavy atom. The molecule has 1 aromatic carbocycles. The van der Waals surface area contributed by atoms with Crippen LogP contribution >= 0.6 is 11.3 Å². The van der Waals surface area contributed by atoms with Crippen LogP contribution < -0.4 is 15.4 Å². The minimum Gasteiger partial charge on any atom is -0.488 e. The van der Waals surface area contributed by atoms with Crippen LogP contribution in [0.5, 0.6) is 5.75 Å². The van der Waals surface area contributed by atoms with Gasteiger partial charge in [0.1, 0.15) is 11.9 Å². The van der Waals surface area contributed by atoms with Gasteiger partial charge in [0.25, 0.3) is 0 Å². The average Bonchev–Trinajstić information content (AvgIpc) is 3.41. The molecule has 0 saturated carbocycles. The second-order valence-corrected chi connectivity index (χ2v) is 8.76. The molecule has 164 valence electrons. The number of nitrogens with one attached hydrogen (secondary N) is 2. The first-order valence-corrected chi connectivity index (χ1v) is 11.5. The first-order valence-electron chi connectivity index (χ1n) is 10.6. The minimum absolute atomic E-state index is 0.132. The van der Waals surface area contributed by atoms with Gasteiger partial charge in [-0.1, -0.05) is 18.2 Å². The summed E-state index contributed by atoms with van der Waals surface area (Å²) in [5.74, 6) is 1.73. The van der Waals surface area contributed by atoms with Gasteiger partial charge >= 0.3 is 0 Å². The van der Waals surface area contributed by atoms with Crippen LogP contribution in [-0.4, -0.2) is 57.4 Å². The van der Waals surface area contributed by atoms with Crippen molar-refractivity contribution in [3.63, 3.8) is 0 Å². The zero-order chi connectivity index (χ0) is 21.3. The summed E-state index contributed by atoms with van der Waals surface area (Å²) < 4.78 is 11.7. The molecule has 30 heavy (non-hydrogen) atoms. The van der Waals surface area contributed by atoms with Crippen molar-refractivity contribution < 1.29 is 9.47 Å². The Morgan fingerprint density at radius 1 is 1.33 bits per heavy atom. The van der Waals surface area contributed by atoms with E-state index >= 15 is 0 Å². The van der Waals surface area contributed by atoms with Crippen molar-refractivity contribution in [2.75, 3.05) is 40.4 Å². The summed E-state index contributed by atoms with van der Waals surface area (Å²) in [5.41, 5.74) is 2.28. The van der Waals surface area contributed by atoms with Crippen LogP contribution in [-0.2, 0) is 11.3 Å². The van der Waals surface area contributed by atoms with E-state index in [2.05, 4.69) is 79.2 Å². The predicted octanol–water partition coefficient (Wildman–Crippen LogP) is 3.58. The van der Waals surface area contributed by atoms with Crippen molar-refractivity contribution in [1.29, 1.82) is 0 Å². The molecule has 2 heterocycles. The van der Waals surface area contributed by atoms with Gasteiger partial charge in [-0.3, -0.25) is 0 Å². The van der Waals surface area contributed by atoms with E-state index in [0.29, 0.717) is 19.2 Å². The van der Waals surface area contributed by atoms with E-state index in [1.165, 1.54) is 10.4 Å². The van der Waals surface area contributed by atoms with Crippen molar-refractivity contribution >= 4 is 17.3 Å². The van der Waals surface area contributed by atoms with Gasteiger partial charge in [0, 0.05) is 30.0 Å². The number of rotatable bonds is 9. The van der Waals surface area contributed by atoms with E-state index in [0.717, 1.165) is 43.4 Å². The maximum absolute atomic E-state index is 6.22. The van der Waals surface area contributed by atoms with E-state index in [1.807, 2.05) is 0 Å². The SMILES string of the molecule is CCNC(=NCc1ccc(C)cc1OC1CCOC1)NCC(c1cccs1)N(C)C. The first kappa shape index (κ1) is 22.6. The summed E-state index contributed by atoms with van der Waals surface area (Å²) in [6.45, 7) is 7.77. The summed E-state index contributed by atoms with van der Waals surface area (Å²) in [5, 5.41) is 8.99. The summed E-state index contributed by atoms with van der Waals surface area (Å²) in [4.78, 5) is 8.41. The van der Waals surface area contributed by atoms with Crippen LogP contribution in [0.1, 0.15) is 35.4 Å². The molecule has 1 aliphatic heterocycles. The third-order valence-electron chi connectivity index (χ3n) is 5.11. The van der Waals surface area contributed by atoms with Gasteiger partial charge in [-0.15, -0.1) is 11.3 Å². The molecular weight excluding hydrogens is 396 g/mol. The number of hydrogen-bond acceptors (Lipinski definition) is 5. The largest absolute Gasteiger partial charge is 0.488 e. The molecule has 2 aromatic rings. The highest BCUT2D eigenvalue weighted by atomic mass is 32.1. The molecule has 2 atom stereocenters. The van der Waals surface area contributed by atoms with E-state index in [1.54, 1.807) is 11.3 Å². The number of aryl methyl sites for hydroxylation is 1. The molecule has 1 saturated heterocycles. The number of hydrogen-bond donors (Lipinski definition) is 2. The van der Waals surface area contributed by atoms with Gasteiger partial charge in [-0.25, -0.2) is 4.99 Å². The number of aliphatic imine (C=N–C) groups is 1. The fourth-order valence-electron chi connectivity index (χ4n) is 3.41. The van der Waals surface area contributed by atoms with Gasteiger partial charge in [0.2, 0.25) is 0 Å². The highest BCUT2D eigenvalue weighted by Crippen LogP contribution is 2.25. The van der Waals surface area contributed by atoms with Gasteiger partial charge in [-0.2, -0.15) is 0 Å². The maximum Gasteiger partial charge on any atom is 0.191 e. The molecule has 1 aromatic heterocycles. The minimum atomic E-state index is 0.132. The zero-order valence-corrected chi connectivity index (χ0v) is 19.3. The zero-order valence-electron chi connectivity index (χ0n) is 18.5. The molecule has 0 radical (unpaired) electrons. The number of ether oxygens (including phenoxy) is 2. The molecule has 0 amide bonds. The van der Waals surface area contributed by atoms with Crippen molar-refractivity contribution in [3.05, 3.63) is 51.7 Å². The fourth-order valence-corrected chi connectivity index (χ4v) is 4.33. The van der Waals surface area contributed by atoms with Crippen LogP contribution in [0.4, 0.5) is 0 Å². The Balaban J connectivity index is 1.68. The molecule has 3 rings (SSSR count). The lowest BCUT2D eigenvalue weighted by molar-refractivity contribution is 0.140. The van der Waals surface area contributed by atoms with E-state index in [-0.39, 0.29) is 6.10 Å². The number of nitrogens with zero attached hydrogens (tertiary/aromatic N) is 2. The second kappa shape index (κ2) is 11.3. The van der Waals surface area contributed by atoms with Crippen LogP contribution in [0.25, 0.3) is 0 Å². The molecule has 1 fully saturated rings. The van der Waals surface area contributed by atoms with Crippen molar-refractivity contribution in [2.45, 2.75) is 39.0 Å². The molecule has 2 N–H and O–H groups in total. The molecule has 1 aliphatic rings. The molecule has 0 spiro atoms. The Morgan fingerprint density at radius 3 is 2.87 bits per heavy atom. The number of thiophene rings is 1. The summed E-state index contributed by atoms with van der Waals surface area (Å²) in [6, 6.07) is 10.9. The smallest absolute Gasteiger partial charge is 0.191 e. The summed E-state index contributed by atoms with van der Waals surface area (Å²) >= 11 is 1.78. The Kier molecular flexibility index (Phi) is 8.54. The predicted molar refractivity (Wildman–Crippen MR) is 125 cm³/mol. The normalized spacial score (nSPS) is 17.9. The Hall–Kier alpha value is -2.09. The van der Waals surface area contributed by atoms with Crippen molar-refractivity contribution in [3.8, 4) is 5.75 Å². The van der Waals surface area contributed by atoms with Crippen LogP contribution in [0.3, 0.4) is 0 Å². The van der Waals surface area contributed by atoms with Crippen molar-refractivity contribution in [2.24, 2.45) is 4.99 Å². The third kappa shape index (κ3) is 6.45. The molecule has 6 nitrogen and oxygen atoms in total. The second-order valence-electron chi connectivity index (χ2n) is 7.79. The third-order valence-corrected chi connectivity index (χ3v) is 6.09. The topological polar surface area (TPSA) is 58.1 Å². The number of benzene rings is 1. The lowest BCUT2D eigenvalue weighted by Gasteiger charge is -2.24. The number of likely N-dealkylation sites (N-methyl/N-ethyl adjacent to an activating group) is 1. The van der Waals surface area contributed by atoms with Crippen LogP contribution in [0.2, 0.25) is 0 Å². The summed E-state index contributed by atoms with van der Waals surface area (Å²) in [7, 11) is 4.22. The lowest BCUT2D eigenvalue weighted by atomic mass is 10.1. The van der Waals surface area contributed by atoms with Gasteiger partial charge in [-0.05, 0) is 51.0 Å². The van der Waals surface area contributed by atoms with Crippen molar-refractivity contribution in [1.82, 2.24) is 15.5 Å². The highest BCUT2D eigenvalue weighted by molar-refractivity contribution is 7.10. The fraction of sp³-hybridized carbons (Fsp3) is 0.522. The summed E-state index contributed by atoms with van der Waals surface area (Å²) in [6.07, 6.45) is 1.07. The molecule has 2 unspecified atom stereocenters. The van der Waals surface area contributed by atoms with E-state index in [4.69, 9.17) is 14.5 Å². The quantitative estimate of drug-likeness (QED) is 0.470. The van der Waals surface area contributed by atoms with Crippen LogP contribution in [0.15, 0.2) is 40.7 Å². The van der Waals surface area contributed by atoms with Gasteiger partial charge in [0.05, 0.1) is 25.8 Å². The molecule has 0 bridgehead atoms. The lowest BCUT2D eigenvalue weighted by Crippen LogP contribution is -2.41. The molecular formula is C23H34N4O2S. The maximum atomic E-state index is 6.22. The number of guanidine groups is 1. The van der Waals surface area contributed by atoms with E-state index in [9.17, 15) is 0 Å². The standard InChI is InChI=1S/C23H34N4O2S/c1-5-24-23(26-15-20(27(3)4)22-7-6-12-30-22)25-14-18-9-8-17(2)13-21(18)29-19-10-11-28-16-19/h6-9,12-13,19-20H,5,10-11,14-16H2,1-4H3,(H2,24,25,26).